The molecular formula is C11H18N2O2S2. The molecule has 1 saturated carbocycles. The molecule has 2 unspecified atom stereocenters. The van der Waals surface area contributed by atoms with E-state index in [4.69, 9.17) is 0 Å². The number of hydrogen-bond donors (Lipinski definition) is 1. The van der Waals surface area contributed by atoms with Crippen molar-refractivity contribution in [3.63, 3.8) is 0 Å². The number of nitrogens with zero attached hydrogens (tertiary/aromatic N) is 1. The average molecular weight is 274 g/mol. The molecule has 96 valence electrons. The molecule has 0 amide bonds. The molecule has 17 heavy (non-hydrogen) atoms. The number of rotatable bonds is 4. The van der Waals surface area contributed by atoms with Crippen molar-refractivity contribution in [2.24, 2.45) is 0 Å². The molecule has 0 saturated heterocycles. The SMILES string of the molecule is Cc1csc(CNC2CCCC2S(C)(=O)=O)n1. The maximum absolute atomic E-state index is 11.6. The van der Waals surface area contributed by atoms with Crippen LogP contribution in [0.1, 0.15) is 30.0 Å². The molecule has 2 rings (SSSR count). The highest BCUT2D eigenvalue weighted by Crippen LogP contribution is 2.25. The molecule has 1 aromatic rings. The lowest BCUT2D eigenvalue weighted by molar-refractivity contribution is 0.506. The Morgan fingerprint density at radius 1 is 1.53 bits per heavy atom. The van der Waals surface area contributed by atoms with Gasteiger partial charge in [-0.1, -0.05) is 6.42 Å². The Labute approximate surface area is 106 Å². The lowest BCUT2D eigenvalue weighted by Gasteiger charge is -2.18. The topological polar surface area (TPSA) is 59.1 Å². The van der Waals surface area contributed by atoms with Crippen LogP contribution in [0, 0.1) is 6.92 Å². The summed E-state index contributed by atoms with van der Waals surface area (Å²) in [5.74, 6) is 0. The number of nitrogens with one attached hydrogen (secondary N) is 1. The Balaban J connectivity index is 1.95. The zero-order valence-corrected chi connectivity index (χ0v) is 11.8. The molecule has 1 fully saturated rings. The Kier molecular flexibility index (Phi) is 3.85. The summed E-state index contributed by atoms with van der Waals surface area (Å²) >= 11 is 1.62. The number of sulfone groups is 1. The second-order valence-corrected chi connectivity index (χ2v) is 7.88. The molecule has 6 heteroatoms. The highest BCUT2D eigenvalue weighted by Gasteiger charge is 2.34. The second kappa shape index (κ2) is 5.04. The summed E-state index contributed by atoms with van der Waals surface area (Å²) in [5.41, 5.74) is 1.03. The Morgan fingerprint density at radius 2 is 2.29 bits per heavy atom. The highest BCUT2D eigenvalue weighted by atomic mass is 32.2. The van der Waals surface area contributed by atoms with Gasteiger partial charge in [0.05, 0.1) is 5.25 Å². The minimum atomic E-state index is -2.93. The molecule has 2 atom stereocenters. The smallest absolute Gasteiger partial charge is 0.151 e. The summed E-state index contributed by atoms with van der Waals surface area (Å²) < 4.78 is 23.2. The van der Waals surface area contributed by atoms with Crippen LogP contribution in [0.4, 0.5) is 0 Å². The normalized spacial score (nSPS) is 25.3. The van der Waals surface area contributed by atoms with Gasteiger partial charge in [0, 0.05) is 29.9 Å². The van der Waals surface area contributed by atoms with Crippen LogP contribution in [0.3, 0.4) is 0 Å². The third kappa shape index (κ3) is 3.26. The zero-order chi connectivity index (χ0) is 12.5. The van der Waals surface area contributed by atoms with E-state index in [0.717, 1.165) is 30.0 Å². The van der Waals surface area contributed by atoms with E-state index >= 15 is 0 Å². The quantitative estimate of drug-likeness (QED) is 0.904. The van der Waals surface area contributed by atoms with Crippen molar-refractivity contribution >= 4 is 21.2 Å². The lowest BCUT2D eigenvalue weighted by atomic mass is 10.2. The van der Waals surface area contributed by atoms with Gasteiger partial charge in [0.2, 0.25) is 0 Å². The van der Waals surface area contributed by atoms with E-state index in [9.17, 15) is 8.42 Å². The van der Waals surface area contributed by atoms with Gasteiger partial charge >= 0.3 is 0 Å². The standard InChI is InChI=1S/C11H18N2O2S2/c1-8-7-16-11(13-8)6-12-9-4-3-5-10(9)17(2,14)15/h7,9-10,12H,3-6H2,1-2H3. The molecule has 0 radical (unpaired) electrons. The van der Waals surface area contributed by atoms with Crippen molar-refractivity contribution in [3.05, 3.63) is 16.1 Å². The van der Waals surface area contributed by atoms with E-state index in [1.165, 1.54) is 6.26 Å². The fraction of sp³-hybridized carbons (Fsp3) is 0.727. The van der Waals surface area contributed by atoms with Gasteiger partial charge in [0.1, 0.15) is 5.01 Å². The average Bonchev–Trinajstić information content (AvgIpc) is 2.81. The van der Waals surface area contributed by atoms with E-state index in [1.54, 1.807) is 11.3 Å². The van der Waals surface area contributed by atoms with Gasteiger partial charge in [-0.25, -0.2) is 13.4 Å². The van der Waals surface area contributed by atoms with Gasteiger partial charge in [-0.15, -0.1) is 11.3 Å². The summed E-state index contributed by atoms with van der Waals surface area (Å²) in [6.07, 6.45) is 4.06. The van der Waals surface area contributed by atoms with Crippen molar-refractivity contribution < 1.29 is 8.42 Å². The number of hydrogen-bond acceptors (Lipinski definition) is 5. The van der Waals surface area contributed by atoms with Gasteiger partial charge in [0.15, 0.2) is 9.84 Å². The molecule has 4 nitrogen and oxygen atoms in total. The van der Waals surface area contributed by atoms with E-state index in [2.05, 4.69) is 10.3 Å². The predicted molar refractivity (Wildman–Crippen MR) is 70.0 cm³/mol. The van der Waals surface area contributed by atoms with Gasteiger partial charge < -0.3 is 5.32 Å². The van der Waals surface area contributed by atoms with Crippen LogP contribution in [-0.4, -0.2) is 30.9 Å². The molecular weight excluding hydrogens is 256 g/mol. The molecule has 0 spiro atoms. The lowest BCUT2D eigenvalue weighted by Crippen LogP contribution is -2.39. The van der Waals surface area contributed by atoms with Crippen molar-refractivity contribution in [2.75, 3.05) is 6.26 Å². The van der Waals surface area contributed by atoms with E-state index < -0.39 is 9.84 Å². The van der Waals surface area contributed by atoms with Crippen LogP contribution in [0.5, 0.6) is 0 Å². The molecule has 1 N–H and O–H groups in total. The van der Waals surface area contributed by atoms with Crippen LogP contribution in [0.25, 0.3) is 0 Å². The van der Waals surface area contributed by atoms with Crippen LogP contribution in [0.15, 0.2) is 5.38 Å². The van der Waals surface area contributed by atoms with E-state index in [-0.39, 0.29) is 11.3 Å². The molecule has 1 aliphatic carbocycles. The van der Waals surface area contributed by atoms with E-state index in [0.29, 0.717) is 6.54 Å². The van der Waals surface area contributed by atoms with Crippen LogP contribution >= 0.6 is 11.3 Å². The van der Waals surface area contributed by atoms with Crippen LogP contribution in [0.2, 0.25) is 0 Å². The molecule has 1 heterocycles. The predicted octanol–water partition coefficient (Wildman–Crippen LogP) is 1.51. The first-order valence-corrected chi connectivity index (χ1v) is 8.63. The monoisotopic (exact) mass is 274 g/mol. The largest absolute Gasteiger partial charge is 0.306 e. The Morgan fingerprint density at radius 3 is 2.88 bits per heavy atom. The third-order valence-corrected chi connectivity index (χ3v) is 5.82. The first-order valence-electron chi connectivity index (χ1n) is 5.80. The first kappa shape index (κ1) is 13.0. The fourth-order valence-electron chi connectivity index (χ4n) is 2.37. The summed E-state index contributed by atoms with van der Waals surface area (Å²) in [5, 5.41) is 6.16. The van der Waals surface area contributed by atoms with Crippen molar-refractivity contribution in [1.82, 2.24) is 10.3 Å². The third-order valence-electron chi connectivity index (χ3n) is 3.18. The minimum absolute atomic E-state index is 0.0919. The summed E-state index contributed by atoms with van der Waals surface area (Å²) in [4.78, 5) is 4.37. The maximum atomic E-state index is 11.6. The molecule has 0 aromatic carbocycles. The second-order valence-electron chi connectivity index (χ2n) is 4.67. The molecule has 0 aliphatic heterocycles. The number of aromatic nitrogens is 1. The van der Waals surface area contributed by atoms with E-state index in [1.807, 2.05) is 12.3 Å². The summed E-state index contributed by atoms with van der Waals surface area (Å²) in [6, 6.07) is 0.0919. The number of aryl methyl sites for hydroxylation is 1. The minimum Gasteiger partial charge on any atom is -0.306 e. The highest BCUT2D eigenvalue weighted by molar-refractivity contribution is 7.91. The maximum Gasteiger partial charge on any atom is 0.151 e. The van der Waals surface area contributed by atoms with Gasteiger partial charge in [0.25, 0.3) is 0 Å². The molecule has 1 aromatic heterocycles. The Hall–Kier alpha value is -0.460. The van der Waals surface area contributed by atoms with Crippen molar-refractivity contribution in [1.29, 1.82) is 0 Å². The number of thiazole rings is 1. The van der Waals surface area contributed by atoms with Gasteiger partial charge in [-0.2, -0.15) is 0 Å². The van der Waals surface area contributed by atoms with Crippen molar-refractivity contribution in [2.45, 2.75) is 44.0 Å². The summed E-state index contributed by atoms with van der Waals surface area (Å²) in [6.45, 7) is 2.64. The van der Waals surface area contributed by atoms with Crippen LogP contribution < -0.4 is 5.32 Å². The fourth-order valence-corrected chi connectivity index (χ4v) is 4.52. The zero-order valence-electron chi connectivity index (χ0n) is 10.1. The molecule has 0 bridgehead atoms. The first-order chi connectivity index (χ1) is 7.97. The summed E-state index contributed by atoms with van der Waals surface area (Å²) in [7, 11) is -2.93. The Bertz CT molecular complexity index is 481. The van der Waals surface area contributed by atoms with Gasteiger partial charge in [-0.05, 0) is 19.8 Å². The van der Waals surface area contributed by atoms with Crippen molar-refractivity contribution in [3.8, 4) is 0 Å². The van der Waals surface area contributed by atoms with Crippen LogP contribution in [-0.2, 0) is 16.4 Å². The van der Waals surface area contributed by atoms with Gasteiger partial charge in [-0.3, -0.25) is 0 Å². The molecule has 1 aliphatic rings.